The molecule has 2 aromatic rings. The van der Waals surface area contributed by atoms with Crippen molar-refractivity contribution < 1.29 is 13.9 Å². The lowest BCUT2D eigenvalue weighted by molar-refractivity contribution is 0.0462. The van der Waals surface area contributed by atoms with E-state index in [-0.39, 0.29) is 13.1 Å². The lowest BCUT2D eigenvalue weighted by Crippen LogP contribution is -2.52. The molecule has 1 saturated carbocycles. The Morgan fingerprint density at radius 3 is 2.94 bits per heavy atom. The molecule has 0 aromatic carbocycles. The molecule has 2 aromatic heterocycles. The predicted octanol–water partition coefficient (Wildman–Crippen LogP) is 3.65. The summed E-state index contributed by atoms with van der Waals surface area (Å²) < 4.78 is 20.6. The maximum absolute atomic E-state index is 15.4. The number of alkyl halides is 1. The van der Waals surface area contributed by atoms with Crippen molar-refractivity contribution in [2.24, 2.45) is 0 Å². The van der Waals surface area contributed by atoms with Gasteiger partial charge in [-0.2, -0.15) is 10.1 Å². The van der Waals surface area contributed by atoms with Crippen LogP contribution in [-0.4, -0.2) is 57.2 Å². The number of hydrogen-bond donors (Lipinski definition) is 3. The van der Waals surface area contributed by atoms with Gasteiger partial charge in [0.2, 0.25) is 5.95 Å². The molecule has 1 aliphatic heterocycles. The number of nitrogens with zero attached hydrogens (tertiary/aromatic N) is 4. The van der Waals surface area contributed by atoms with Gasteiger partial charge in [-0.3, -0.25) is 5.10 Å². The molecule has 0 spiro atoms. The monoisotopic (exact) mass is 431 g/mol. The number of carbonyl (C=O) groups excluding carboxylic acids is 1. The summed E-state index contributed by atoms with van der Waals surface area (Å²) in [4.78, 5) is 22.6. The maximum atomic E-state index is 15.4. The van der Waals surface area contributed by atoms with E-state index in [1.165, 1.54) is 12.8 Å². The quantitative estimate of drug-likeness (QED) is 0.641. The molecular formula is C21H30FN7O2. The number of H-pyrrole nitrogens is 1. The number of rotatable bonds is 6. The zero-order valence-electron chi connectivity index (χ0n) is 18.2. The van der Waals surface area contributed by atoms with Gasteiger partial charge in [0.25, 0.3) is 0 Å². The van der Waals surface area contributed by atoms with E-state index in [9.17, 15) is 4.79 Å². The summed E-state index contributed by atoms with van der Waals surface area (Å²) in [6, 6.07) is 3.75. The van der Waals surface area contributed by atoms with Crippen LogP contribution in [0.15, 0.2) is 18.3 Å². The standard InChI is InChI=1S/C21H30FN7O2/c1-20(2,3)31-19(30)24-12-21(22)8-4-10-29(13-21)18-23-9-7-16(26-18)25-17-11-15(27-28-17)14-5-6-14/h7,9,11,14H,4-6,8,10,12-13H2,1-3H3,(H,24,30)(H2,23,25,26,27,28)/t21-/m0/s1. The Balaban J connectivity index is 1.37. The van der Waals surface area contributed by atoms with E-state index in [4.69, 9.17) is 4.74 Å². The fourth-order valence-corrected chi connectivity index (χ4v) is 3.65. The van der Waals surface area contributed by atoms with Crippen LogP contribution >= 0.6 is 0 Å². The molecule has 1 saturated heterocycles. The minimum atomic E-state index is -1.58. The summed E-state index contributed by atoms with van der Waals surface area (Å²) in [5, 5.41) is 13.1. The van der Waals surface area contributed by atoms with Crippen LogP contribution in [0, 0.1) is 0 Å². The molecule has 0 radical (unpaired) electrons. The van der Waals surface area contributed by atoms with E-state index in [1.807, 2.05) is 11.0 Å². The third-order valence-electron chi connectivity index (χ3n) is 5.27. The van der Waals surface area contributed by atoms with Crippen LogP contribution in [0.2, 0.25) is 0 Å². The second kappa shape index (κ2) is 8.32. The first kappa shape index (κ1) is 21.3. The maximum Gasteiger partial charge on any atom is 0.407 e. The predicted molar refractivity (Wildman–Crippen MR) is 115 cm³/mol. The van der Waals surface area contributed by atoms with Crippen molar-refractivity contribution in [2.45, 2.75) is 63.6 Å². The minimum Gasteiger partial charge on any atom is -0.444 e. The fraction of sp³-hybridized carbons (Fsp3) is 0.619. The van der Waals surface area contributed by atoms with Gasteiger partial charge in [0.05, 0.1) is 13.1 Å². The van der Waals surface area contributed by atoms with Gasteiger partial charge in [-0.15, -0.1) is 0 Å². The number of anilines is 3. The highest BCUT2D eigenvalue weighted by Gasteiger charge is 2.37. The number of carbonyl (C=O) groups is 1. The molecule has 31 heavy (non-hydrogen) atoms. The van der Waals surface area contributed by atoms with Crippen LogP contribution in [0.1, 0.15) is 58.1 Å². The lowest BCUT2D eigenvalue weighted by atomic mass is 9.95. The molecule has 168 valence electrons. The number of halogens is 1. The molecule has 1 atom stereocenters. The van der Waals surface area contributed by atoms with Crippen molar-refractivity contribution >= 4 is 23.7 Å². The summed E-state index contributed by atoms with van der Waals surface area (Å²) in [6.45, 7) is 5.95. The smallest absolute Gasteiger partial charge is 0.407 e. The SMILES string of the molecule is CC(C)(C)OC(=O)NC[C@@]1(F)CCCN(c2nccc(Nc3cc(C4CC4)[nH]n3)n2)C1. The number of nitrogens with one attached hydrogen (secondary N) is 3. The van der Waals surface area contributed by atoms with E-state index in [0.29, 0.717) is 42.9 Å². The van der Waals surface area contributed by atoms with Crippen molar-refractivity contribution in [2.75, 3.05) is 29.9 Å². The first-order valence-corrected chi connectivity index (χ1v) is 10.8. The van der Waals surface area contributed by atoms with Crippen molar-refractivity contribution in [3.63, 3.8) is 0 Å². The molecular weight excluding hydrogens is 401 g/mol. The normalized spacial score (nSPS) is 21.6. The second-order valence-electron chi connectivity index (χ2n) is 9.38. The van der Waals surface area contributed by atoms with Crippen LogP contribution in [-0.2, 0) is 4.74 Å². The van der Waals surface area contributed by atoms with E-state index in [0.717, 1.165) is 5.69 Å². The molecule has 4 rings (SSSR count). The molecule has 2 aliphatic rings. The van der Waals surface area contributed by atoms with Crippen molar-refractivity contribution in [1.82, 2.24) is 25.5 Å². The first-order valence-electron chi connectivity index (χ1n) is 10.8. The van der Waals surface area contributed by atoms with Gasteiger partial charge in [0.15, 0.2) is 5.82 Å². The average molecular weight is 432 g/mol. The van der Waals surface area contributed by atoms with E-state index in [1.54, 1.807) is 33.0 Å². The Morgan fingerprint density at radius 2 is 2.19 bits per heavy atom. The number of hydrogen-bond acceptors (Lipinski definition) is 7. The molecule has 0 bridgehead atoms. The molecule has 1 amide bonds. The molecule has 9 nitrogen and oxygen atoms in total. The van der Waals surface area contributed by atoms with Crippen molar-refractivity contribution in [1.29, 1.82) is 0 Å². The minimum absolute atomic E-state index is 0.0977. The summed E-state index contributed by atoms with van der Waals surface area (Å²) >= 11 is 0. The third kappa shape index (κ3) is 5.83. The summed E-state index contributed by atoms with van der Waals surface area (Å²) in [6.07, 6.45) is 4.41. The van der Waals surface area contributed by atoms with E-state index >= 15 is 4.39 Å². The van der Waals surface area contributed by atoms with Gasteiger partial charge < -0.3 is 20.3 Å². The highest BCUT2D eigenvalue weighted by atomic mass is 19.1. The van der Waals surface area contributed by atoms with Crippen molar-refractivity contribution in [3.8, 4) is 0 Å². The first-order chi connectivity index (χ1) is 14.7. The summed E-state index contributed by atoms with van der Waals surface area (Å²) in [5.41, 5.74) is -1.07. The molecule has 3 heterocycles. The van der Waals surface area contributed by atoms with Gasteiger partial charge in [-0.25, -0.2) is 14.2 Å². The zero-order valence-corrected chi connectivity index (χ0v) is 18.2. The molecule has 1 aliphatic carbocycles. The average Bonchev–Trinajstić information content (AvgIpc) is 3.45. The van der Waals surface area contributed by atoms with Crippen LogP contribution in [0.5, 0.6) is 0 Å². The van der Waals surface area contributed by atoms with Crippen LogP contribution < -0.4 is 15.5 Å². The van der Waals surface area contributed by atoms with Gasteiger partial charge >= 0.3 is 6.09 Å². The Labute approximate surface area is 181 Å². The highest BCUT2D eigenvalue weighted by molar-refractivity contribution is 5.67. The number of ether oxygens (including phenoxy) is 1. The third-order valence-corrected chi connectivity index (χ3v) is 5.27. The van der Waals surface area contributed by atoms with Gasteiger partial charge in [0.1, 0.15) is 17.1 Å². The van der Waals surface area contributed by atoms with Gasteiger partial charge in [-0.1, -0.05) is 0 Å². The topological polar surface area (TPSA) is 108 Å². The highest BCUT2D eigenvalue weighted by Crippen LogP contribution is 2.39. The van der Waals surface area contributed by atoms with Gasteiger partial charge in [-0.05, 0) is 52.5 Å². The molecule has 10 heteroatoms. The summed E-state index contributed by atoms with van der Waals surface area (Å²) in [5.74, 6) is 2.33. The number of piperidine rings is 1. The van der Waals surface area contributed by atoms with E-state index < -0.39 is 17.4 Å². The Hall–Kier alpha value is -2.91. The second-order valence-corrected chi connectivity index (χ2v) is 9.38. The number of alkyl carbamates (subject to hydrolysis) is 1. The number of amides is 1. The van der Waals surface area contributed by atoms with Gasteiger partial charge in [0, 0.05) is 30.4 Å². The molecule has 0 unspecified atom stereocenters. The van der Waals surface area contributed by atoms with Crippen molar-refractivity contribution in [3.05, 3.63) is 24.0 Å². The summed E-state index contributed by atoms with van der Waals surface area (Å²) in [7, 11) is 0. The number of aromatic nitrogens is 4. The van der Waals surface area contributed by atoms with E-state index in [2.05, 4.69) is 30.8 Å². The number of aromatic amines is 1. The lowest BCUT2D eigenvalue weighted by Gasteiger charge is -2.37. The van der Waals surface area contributed by atoms with Crippen LogP contribution in [0.3, 0.4) is 0 Å². The molecule has 3 N–H and O–H groups in total. The largest absolute Gasteiger partial charge is 0.444 e. The Morgan fingerprint density at radius 1 is 1.39 bits per heavy atom. The fourth-order valence-electron chi connectivity index (χ4n) is 3.65. The Bertz CT molecular complexity index is 924. The van der Waals surface area contributed by atoms with Crippen LogP contribution in [0.25, 0.3) is 0 Å². The Kier molecular flexibility index (Phi) is 5.72. The zero-order chi connectivity index (χ0) is 22.1. The van der Waals surface area contributed by atoms with Crippen LogP contribution in [0.4, 0.5) is 26.8 Å². The molecule has 2 fully saturated rings.